The van der Waals surface area contributed by atoms with Crippen molar-refractivity contribution in [2.24, 2.45) is 0 Å². The molecule has 1 aliphatic heterocycles. The quantitative estimate of drug-likeness (QED) is 0.634. The van der Waals surface area contributed by atoms with E-state index in [9.17, 15) is 4.79 Å². The van der Waals surface area contributed by atoms with Gasteiger partial charge in [0.1, 0.15) is 0 Å². The number of para-hydroxylation sites is 1. The van der Waals surface area contributed by atoms with E-state index in [1.54, 1.807) is 10.9 Å². The average Bonchev–Trinajstić information content (AvgIpc) is 3.28. The lowest BCUT2D eigenvalue weighted by Gasteiger charge is -2.31. The number of hydrogen-bond donors (Lipinski definition) is 2. The first-order valence-corrected chi connectivity index (χ1v) is 10.3. The van der Waals surface area contributed by atoms with Crippen LogP contribution in [0.25, 0.3) is 5.69 Å². The molecule has 0 radical (unpaired) electrons. The smallest absolute Gasteiger partial charge is 0.315 e. The van der Waals surface area contributed by atoms with Gasteiger partial charge in [-0.1, -0.05) is 48.5 Å². The number of carbonyl (C=O) groups is 1. The third-order valence-corrected chi connectivity index (χ3v) is 5.16. The van der Waals surface area contributed by atoms with Gasteiger partial charge in [0.15, 0.2) is 0 Å². The van der Waals surface area contributed by atoms with Gasteiger partial charge in [-0.05, 0) is 17.7 Å². The standard InChI is InChI=1S/C23H27N5O2/c29-23(24-15-19-16-25-28(17-19)21-9-5-2-6-10-21)26-22(20-7-3-1-4-8-20)18-27-11-13-30-14-12-27/h1-10,16-17,22H,11-15,18H2,(H2,24,26,29). The Morgan fingerprint density at radius 2 is 1.73 bits per heavy atom. The molecule has 2 heterocycles. The summed E-state index contributed by atoms with van der Waals surface area (Å²) in [6.45, 7) is 4.40. The fourth-order valence-corrected chi connectivity index (χ4v) is 3.53. The van der Waals surface area contributed by atoms with Crippen molar-refractivity contribution in [2.75, 3.05) is 32.8 Å². The molecular formula is C23H27N5O2. The fraction of sp³-hybridized carbons (Fsp3) is 0.304. The van der Waals surface area contributed by atoms with Crippen LogP contribution in [0.3, 0.4) is 0 Å². The van der Waals surface area contributed by atoms with E-state index in [0.29, 0.717) is 6.54 Å². The number of rotatable bonds is 7. The van der Waals surface area contributed by atoms with E-state index in [0.717, 1.165) is 49.7 Å². The third-order valence-electron chi connectivity index (χ3n) is 5.16. The predicted octanol–water partition coefficient (Wildman–Crippen LogP) is 2.75. The topological polar surface area (TPSA) is 71.4 Å². The van der Waals surface area contributed by atoms with E-state index in [1.165, 1.54) is 0 Å². The summed E-state index contributed by atoms with van der Waals surface area (Å²) < 4.78 is 7.25. The summed E-state index contributed by atoms with van der Waals surface area (Å²) in [5.74, 6) is 0. The summed E-state index contributed by atoms with van der Waals surface area (Å²) in [6, 6.07) is 19.7. The molecule has 30 heavy (non-hydrogen) atoms. The molecule has 0 spiro atoms. The van der Waals surface area contributed by atoms with Crippen molar-refractivity contribution in [2.45, 2.75) is 12.6 Å². The number of nitrogens with one attached hydrogen (secondary N) is 2. The van der Waals surface area contributed by atoms with Crippen molar-refractivity contribution < 1.29 is 9.53 Å². The van der Waals surface area contributed by atoms with E-state index in [4.69, 9.17) is 4.74 Å². The minimum Gasteiger partial charge on any atom is -0.379 e. The summed E-state index contributed by atoms with van der Waals surface area (Å²) >= 11 is 0. The molecule has 156 valence electrons. The van der Waals surface area contributed by atoms with E-state index >= 15 is 0 Å². The van der Waals surface area contributed by atoms with Crippen LogP contribution in [-0.2, 0) is 11.3 Å². The number of urea groups is 1. The van der Waals surface area contributed by atoms with Crippen molar-refractivity contribution in [1.29, 1.82) is 0 Å². The Balaban J connectivity index is 1.35. The van der Waals surface area contributed by atoms with Gasteiger partial charge in [-0.3, -0.25) is 4.90 Å². The summed E-state index contributed by atoms with van der Waals surface area (Å²) in [7, 11) is 0. The van der Waals surface area contributed by atoms with Crippen molar-refractivity contribution in [3.05, 3.63) is 84.2 Å². The van der Waals surface area contributed by atoms with Gasteiger partial charge in [0, 0.05) is 37.9 Å². The van der Waals surface area contributed by atoms with Crippen molar-refractivity contribution in [3.8, 4) is 5.69 Å². The minimum absolute atomic E-state index is 0.0867. The molecule has 2 aromatic carbocycles. The molecule has 2 amide bonds. The number of amides is 2. The van der Waals surface area contributed by atoms with Crippen LogP contribution in [0.4, 0.5) is 4.79 Å². The Kier molecular flexibility index (Phi) is 6.74. The molecule has 3 aromatic rings. The Bertz CT molecular complexity index is 923. The lowest BCUT2D eigenvalue weighted by atomic mass is 10.1. The van der Waals surface area contributed by atoms with Gasteiger partial charge in [-0.2, -0.15) is 5.10 Å². The van der Waals surface area contributed by atoms with Crippen molar-refractivity contribution >= 4 is 6.03 Å². The molecule has 7 heteroatoms. The largest absolute Gasteiger partial charge is 0.379 e. The second-order valence-corrected chi connectivity index (χ2v) is 7.33. The highest BCUT2D eigenvalue weighted by molar-refractivity contribution is 5.74. The molecule has 2 N–H and O–H groups in total. The Hall–Kier alpha value is -3.16. The lowest BCUT2D eigenvalue weighted by Crippen LogP contribution is -2.45. The molecule has 0 aliphatic carbocycles. The minimum atomic E-state index is -0.190. The van der Waals surface area contributed by atoms with Crippen LogP contribution in [-0.4, -0.2) is 53.6 Å². The van der Waals surface area contributed by atoms with Gasteiger partial charge < -0.3 is 15.4 Å². The number of morpholine rings is 1. The maximum Gasteiger partial charge on any atom is 0.315 e. The Morgan fingerprint density at radius 1 is 1.03 bits per heavy atom. The lowest BCUT2D eigenvalue weighted by molar-refractivity contribution is 0.0340. The van der Waals surface area contributed by atoms with Crippen molar-refractivity contribution in [3.63, 3.8) is 0 Å². The monoisotopic (exact) mass is 405 g/mol. The summed E-state index contributed by atoms with van der Waals surface area (Å²) in [6.07, 6.45) is 3.70. The Morgan fingerprint density at radius 3 is 2.47 bits per heavy atom. The molecule has 1 unspecified atom stereocenters. The van der Waals surface area contributed by atoms with E-state index < -0.39 is 0 Å². The summed E-state index contributed by atoms with van der Waals surface area (Å²) in [4.78, 5) is 15.0. The maximum atomic E-state index is 12.6. The van der Waals surface area contributed by atoms with Crippen LogP contribution >= 0.6 is 0 Å². The zero-order chi connectivity index (χ0) is 20.6. The van der Waals surface area contributed by atoms with Crippen LogP contribution in [0, 0.1) is 0 Å². The molecule has 1 aromatic heterocycles. The molecule has 0 saturated carbocycles. The highest BCUT2D eigenvalue weighted by Crippen LogP contribution is 2.15. The zero-order valence-electron chi connectivity index (χ0n) is 16.9. The molecule has 4 rings (SSSR count). The second-order valence-electron chi connectivity index (χ2n) is 7.33. The maximum absolute atomic E-state index is 12.6. The van der Waals surface area contributed by atoms with Gasteiger partial charge in [-0.25, -0.2) is 9.48 Å². The first-order valence-electron chi connectivity index (χ1n) is 10.3. The third kappa shape index (κ3) is 5.46. The number of benzene rings is 2. The van der Waals surface area contributed by atoms with Crippen LogP contribution in [0.15, 0.2) is 73.1 Å². The zero-order valence-corrected chi connectivity index (χ0v) is 16.9. The van der Waals surface area contributed by atoms with E-state index in [2.05, 4.69) is 32.8 Å². The van der Waals surface area contributed by atoms with Gasteiger partial charge in [0.05, 0.1) is 31.1 Å². The van der Waals surface area contributed by atoms with Crippen LogP contribution in [0.2, 0.25) is 0 Å². The molecule has 0 bridgehead atoms. The van der Waals surface area contributed by atoms with Crippen molar-refractivity contribution in [1.82, 2.24) is 25.3 Å². The molecule has 1 atom stereocenters. The van der Waals surface area contributed by atoms with Gasteiger partial charge in [0.25, 0.3) is 0 Å². The molecule has 1 aliphatic rings. The molecule has 7 nitrogen and oxygen atoms in total. The Labute approximate surface area is 176 Å². The summed E-state index contributed by atoms with van der Waals surface area (Å²) in [5.41, 5.74) is 3.03. The SMILES string of the molecule is O=C(NCc1cnn(-c2ccccc2)c1)NC(CN1CCOCC1)c1ccccc1. The first-order chi connectivity index (χ1) is 14.8. The number of hydrogen-bond acceptors (Lipinski definition) is 4. The first kappa shape index (κ1) is 20.1. The van der Waals surface area contributed by atoms with Crippen LogP contribution in [0.5, 0.6) is 0 Å². The summed E-state index contributed by atoms with van der Waals surface area (Å²) in [5, 5.41) is 10.5. The van der Waals surface area contributed by atoms with Gasteiger partial charge >= 0.3 is 6.03 Å². The predicted molar refractivity (Wildman–Crippen MR) is 115 cm³/mol. The number of ether oxygens (including phenoxy) is 1. The second kappa shape index (κ2) is 10.0. The highest BCUT2D eigenvalue weighted by Gasteiger charge is 2.20. The average molecular weight is 406 g/mol. The van der Waals surface area contributed by atoms with E-state index in [-0.39, 0.29) is 12.1 Å². The molecular weight excluding hydrogens is 378 g/mol. The highest BCUT2D eigenvalue weighted by atomic mass is 16.5. The normalized spacial score (nSPS) is 15.5. The number of carbonyl (C=O) groups excluding carboxylic acids is 1. The van der Waals surface area contributed by atoms with E-state index in [1.807, 2.05) is 54.7 Å². The fourth-order valence-electron chi connectivity index (χ4n) is 3.53. The molecule has 1 saturated heterocycles. The number of nitrogens with zero attached hydrogens (tertiary/aromatic N) is 3. The molecule has 1 fully saturated rings. The van der Waals surface area contributed by atoms with Crippen LogP contribution in [0.1, 0.15) is 17.2 Å². The van der Waals surface area contributed by atoms with Gasteiger partial charge in [0.2, 0.25) is 0 Å². The van der Waals surface area contributed by atoms with Crippen LogP contribution < -0.4 is 10.6 Å². The number of aromatic nitrogens is 2. The van der Waals surface area contributed by atoms with Gasteiger partial charge in [-0.15, -0.1) is 0 Å².